The van der Waals surface area contributed by atoms with Gasteiger partial charge in [-0.2, -0.15) is 0 Å². The first kappa shape index (κ1) is 19.8. The van der Waals surface area contributed by atoms with Crippen LogP contribution in [-0.2, 0) is 4.74 Å². The molecule has 1 saturated carbocycles. The number of ether oxygens (including phenoxy) is 1. The van der Waals surface area contributed by atoms with E-state index in [1.165, 1.54) is 0 Å². The van der Waals surface area contributed by atoms with Gasteiger partial charge < -0.3 is 15.6 Å². The summed E-state index contributed by atoms with van der Waals surface area (Å²) in [6, 6.07) is 0.0220. The fourth-order valence-electron chi connectivity index (χ4n) is 3.49. The summed E-state index contributed by atoms with van der Waals surface area (Å²) in [7, 11) is 0. The van der Waals surface area contributed by atoms with Crippen molar-refractivity contribution < 1.29 is 9.84 Å². The molecule has 6 N–H and O–H groups in total. The lowest BCUT2D eigenvalue weighted by Crippen LogP contribution is -2.61. The maximum atomic E-state index is 10.1. The maximum absolute atomic E-state index is 10.1. The number of nitrogens with one attached hydrogen (secondary N) is 1. The third-order valence-corrected chi connectivity index (χ3v) is 6.17. The molecule has 22 heavy (non-hydrogen) atoms. The van der Waals surface area contributed by atoms with Crippen LogP contribution in [0.5, 0.6) is 0 Å². The van der Waals surface area contributed by atoms with E-state index in [2.05, 4.69) is 40.0 Å². The monoisotopic (exact) mass is 315 g/mol. The molecule has 6 atom stereocenters. The number of rotatable bonds is 6. The number of aliphatic hydroxyl groups is 1. The average molecular weight is 316 g/mol. The number of hydrogen-bond acceptors (Lipinski definition) is 5. The van der Waals surface area contributed by atoms with Crippen LogP contribution in [-0.4, -0.2) is 35.5 Å². The molecule has 5 heteroatoms. The standard InChI is InChI=1S/C17H37N3O2/c1-10(2)17(7,18)9-22-15-14(20-19)8-13(12(4)21)11(3)16(15,5)6/h10-15,20-21H,8-9,18-19H2,1-7H3. The van der Waals surface area contributed by atoms with Crippen LogP contribution >= 0.6 is 0 Å². The van der Waals surface area contributed by atoms with Gasteiger partial charge >= 0.3 is 0 Å². The van der Waals surface area contributed by atoms with Crippen molar-refractivity contribution in [1.82, 2.24) is 5.43 Å². The van der Waals surface area contributed by atoms with E-state index in [9.17, 15) is 5.11 Å². The number of hydrogen-bond donors (Lipinski definition) is 4. The summed E-state index contributed by atoms with van der Waals surface area (Å²) in [5, 5.41) is 10.1. The summed E-state index contributed by atoms with van der Waals surface area (Å²) in [5.41, 5.74) is 8.79. The molecule has 0 heterocycles. The Morgan fingerprint density at radius 2 is 1.91 bits per heavy atom. The Hall–Kier alpha value is -0.200. The molecule has 132 valence electrons. The molecule has 1 aliphatic carbocycles. The smallest absolute Gasteiger partial charge is 0.0795 e. The van der Waals surface area contributed by atoms with E-state index < -0.39 is 0 Å². The number of aliphatic hydroxyl groups excluding tert-OH is 1. The Morgan fingerprint density at radius 1 is 1.36 bits per heavy atom. The summed E-state index contributed by atoms with van der Waals surface area (Å²) in [6.07, 6.45) is 0.442. The largest absolute Gasteiger partial charge is 0.393 e. The highest BCUT2D eigenvalue weighted by Crippen LogP contribution is 2.46. The van der Waals surface area contributed by atoms with Crippen molar-refractivity contribution in [2.75, 3.05) is 6.61 Å². The van der Waals surface area contributed by atoms with Crippen LogP contribution in [0.3, 0.4) is 0 Å². The minimum atomic E-state index is -0.362. The molecule has 0 aromatic carbocycles. The molecule has 0 saturated heterocycles. The van der Waals surface area contributed by atoms with Crippen LogP contribution < -0.4 is 17.0 Å². The molecular weight excluding hydrogens is 278 g/mol. The van der Waals surface area contributed by atoms with Crippen LogP contribution in [0.15, 0.2) is 0 Å². The fraction of sp³-hybridized carbons (Fsp3) is 1.00. The van der Waals surface area contributed by atoms with Crippen molar-refractivity contribution in [3.63, 3.8) is 0 Å². The molecule has 0 radical (unpaired) electrons. The van der Waals surface area contributed by atoms with E-state index >= 15 is 0 Å². The second-order valence-corrected chi connectivity index (χ2v) is 8.42. The Morgan fingerprint density at radius 3 is 2.32 bits per heavy atom. The Bertz CT molecular complexity index is 356. The molecule has 6 unspecified atom stereocenters. The first-order valence-electron chi connectivity index (χ1n) is 8.49. The van der Waals surface area contributed by atoms with Gasteiger partial charge in [0.25, 0.3) is 0 Å². The van der Waals surface area contributed by atoms with Crippen LogP contribution in [0.4, 0.5) is 0 Å². The number of nitrogens with two attached hydrogens (primary N) is 2. The Labute approximate surface area is 136 Å². The van der Waals surface area contributed by atoms with Gasteiger partial charge in [-0.25, -0.2) is 0 Å². The molecule has 0 aromatic heterocycles. The van der Waals surface area contributed by atoms with Crippen molar-refractivity contribution in [3.05, 3.63) is 0 Å². The Kier molecular flexibility index (Phi) is 6.44. The predicted octanol–water partition coefficient (Wildman–Crippen LogP) is 1.64. The lowest BCUT2D eigenvalue weighted by Gasteiger charge is -2.52. The molecule has 1 rings (SSSR count). The molecule has 0 aromatic rings. The van der Waals surface area contributed by atoms with E-state index in [-0.39, 0.29) is 35.1 Å². The summed E-state index contributed by atoms with van der Waals surface area (Å²) < 4.78 is 6.28. The minimum absolute atomic E-state index is 0.0220. The van der Waals surface area contributed by atoms with Gasteiger partial charge in [0.2, 0.25) is 0 Å². The zero-order chi connectivity index (χ0) is 17.3. The average Bonchev–Trinajstić information content (AvgIpc) is 2.39. The van der Waals surface area contributed by atoms with Gasteiger partial charge in [0.15, 0.2) is 0 Å². The molecule has 1 aliphatic rings. The van der Waals surface area contributed by atoms with Crippen LogP contribution in [0.1, 0.15) is 54.9 Å². The van der Waals surface area contributed by atoms with Gasteiger partial charge in [0.1, 0.15) is 0 Å². The van der Waals surface area contributed by atoms with Gasteiger partial charge in [-0.1, -0.05) is 34.6 Å². The second kappa shape index (κ2) is 7.14. The lowest BCUT2D eigenvalue weighted by molar-refractivity contribution is -0.138. The predicted molar refractivity (Wildman–Crippen MR) is 91.0 cm³/mol. The van der Waals surface area contributed by atoms with Gasteiger partial charge in [-0.15, -0.1) is 0 Å². The second-order valence-electron chi connectivity index (χ2n) is 8.42. The van der Waals surface area contributed by atoms with Gasteiger partial charge in [-0.05, 0) is 43.4 Å². The lowest BCUT2D eigenvalue weighted by atomic mass is 9.60. The normalized spacial score (nSPS) is 36.1. The third-order valence-electron chi connectivity index (χ3n) is 6.17. The topological polar surface area (TPSA) is 93.5 Å². The van der Waals surface area contributed by atoms with Crippen LogP contribution in [0.25, 0.3) is 0 Å². The first-order chi connectivity index (χ1) is 9.95. The van der Waals surface area contributed by atoms with Crippen molar-refractivity contribution in [1.29, 1.82) is 0 Å². The summed E-state index contributed by atoms with van der Waals surface area (Å²) in [6.45, 7) is 15.2. The van der Waals surface area contributed by atoms with Crippen LogP contribution in [0, 0.1) is 23.2 Å². The van der Waals surface area contributed by atoms with E-state index in [0.29, 0.717) is 18.4 Å². The summed E-state index contributed by atoms with van der Waals surface area (Å²) >= 11 is 0. The SMILES string of the molecule is CC(O)C1CC(NN)C(OCC(C)(N)C(C)C)C(C)(C)C1C. The van der Waals surface area contributed by atoms with Crippen molar-refractivity contribution in [3.8, 4) is 0 Å². The molecular formula is C17H37N3O2. The highest BCUT2D eigenvalue weighted by Gasteiger charge is 2.50. The highest BCUT2D eigenvalue weighted by molar-refractivity contribution is 5.01. The molecule has 0 amide bonds. The molecule has 0 spiro atoms. The number of hydrazine groups is 1. The van der Waals surface area contributed by atoms with Crippen LogP contribution in [0.2, 0.25) is 0 Å². The third kappa shape index (κ3) is 4.01. The minimum Gasteiger partial charge on any atom is -0.393 e. The zero-order valence-electron chi connectivity index (χ0n) is 15.4. The Balaban J connectivity index is 2.92. The quantitative estimate of drug-likeness (QED) is 0.442. The van der Waals surface area contributed by atoms with Crippen molar-refractivity contribution in [2.24, 2.45) is 34.7 Å². The van der Waals surface area contributed by atoms with Gasteiger partial charge in [0, 0.05) is 11.6 Å². The van der Waals surface area contributed by atoms with E-state index in [4.69, 9.17) is 16.3 Å². The summed E-state index contributed by atoms with van der Waals surface area (Å²) in [5.74, 6) is 6.67. The van der Waals surface area contributed by atoms with E-state index in [1.807, 2.05) is 13.8 Å². The van der Waals surface area contributed by atoms with Crippen molar-refractivity contribution in [2.45, 2.75) is 78.7 Å². The molecule has 0 bridgehead atoms. The maximum Gasteiger partial charge on any atom is 0.0795 e. The molecule has 1 fully saturated rings. The highest BCUT2D eigenvalue weighted by atomic mass is 16.5. The van der Waals surface area contributed by atoms with Crippen molar-refractivity contribution >= 4 is 0 Å². The van der Waals surface area contributed by atoms with Gasteiger partial charge in [-0.3, -0.25) is 11.3 Å². The molecule has 0 aliphatic heterocycles. The van der Waals surface area contributed by atoms with E-state index in [1.54, 1.807) is 0 Å². The fourth-order valence-corrected chi connectivity index (χ4v) is 3.49. The van der Waals surface area contributed by atoms with Gasteiger partial charge in [0.05, 0.1) is 18.8 Å². The zero-order valence-corrected chi connectivity index (χ0v) is 15.4. The summed E-state index contributed by atoms with van der Waals surface area (Å²) in [4.78, 5) is 0. The van der Waals surface area contributed by atoms with E-state index in [0.717, 1.165) is 6.42 Å². The first-order valence-corrected chi connectivity index (χ1v) is 8.49. The molecule has 5 nitrogen and oxygen atoms in total.